The molecule has 61 heavy (non-hydrogen) atoms. The van der Waals surface area contributed by atoms with Crippen molar-refractivity contribution in [1.82, 2.24) is 0 Å². The molecule has 7 rings (SSSR count). The minimum absolute atomic E-state index is 0.0657. The van der Waals surface area contributed by atoms with Gasteiger partial charge in [0.15, 0.2) is 0 Å². The second-order valence-corrected chi connectivity index (χ2v) is 18.4. The Kier molecular flexibility index (Phi) is 15.1. The van der Waals surface area contributed by atoms with Crippen LogP contribution < -0.4 is 9.47 Å². The fraction of sp³-hybridized carbons (Fsp3) is 0.309. The molecule has 4 nitrogen and oxygen atoms in total. The number of unbranched alkanes of at least 4 members (excludes halogenated alkanes) is 10. The topological polar surface area (TPSA) is 52.6 Å². The zero-order valence-corrected chi connectivity index (χ0v) is 37.4. The molecule has 0 aliphatic heterocycles. The molecule has 0 N–H and O–H groups in total. The number of carbonyl (C=O) groups is 2. The Labute approximate surface area is 371 Å². The van der Waals surface area contributed by atoms with Gasteiger partial charge in [-0.05, 0) is 142 Å². The number of esters is 2. The maximum absolute atomic E-state index is 11.7. The van der Waals surface area contributed by atoms with Crippen molar-refractivity contribution in [1.29, 1.82) is 0 Å². The third kappa shape index (κ3) is 10.4. The first-order chi connectivity index (χ1) is 29.8. The standard InChI is InChI=1S/C55H58O4S2/c1-5-9-11-13-15-17-35-55(36-18-16-14-12-10-6-2)47-37-41(51-33-31-49(60-51)39-19-25-43(26-20-39)58-53(56)7-3)23-29-45(47)46-30-24-42(38-48(46)55)52-34-32-50(61-52)40-21-27-44(28-22-40)59-54(57)8-4/h7-8,19-34,37-38H,3-6,9-18,35-36H2,1-2H3. The zero-order chi connectivity index (χ0) is 42.6. The Balaban J connectivity index is 1.23. The average molecular weight is 847 g/mol. The van der Waals surface area contributed by atoms with Gasteiger partial charge in [-0.3, -0.25) is 0 Å². The molecular formula is C55H58O4S2. The lowest BCUT2D eigenvalue weighted by atomic mass is 9.70. The minimum Gasteiger partial charge on any atom is -0.423 e. The van der Waals surface area contributed by atoms with Crippen LogP contribution in [0.4, 0.5) is 0 Å². The molecule has 314 valence electrons. The Morgan fingerprint density at radius 2 is 0.820 bits per heavy atom. The Bertz CT molecular complexity index is 2260. The van der Waals surface area contributed by atoms with Crippen LogP contribution in [-0.2, 0) is 15.0 Å². The molecule has 0 atom stereocenters. The summed E-state index contributed by atoms with van der Waals surface area (Å²) in [5, 5.41) is 0. The molecule has 4 aromatic carbocycles. The third-order valence-electron chi connectivity index (χ3n) is 12.1. The van der Waals surface area contributed by atoms with E-state index in [2.05, 4.69) is 87.7 Å². The normalized spacial score (nSPS) is 12.4. The SMILES string of the molecule is C=CC(=O)Oc1ccc(-c2ccc(-c3ccc4c(c3)C(CCCCCCCC)(CCCCCCCC)c3cc(-c5ccc(-c6ccc(OC(=O)C=C)cc6)s5)ccc3-4)s2)cc1. The van der Waals surface area contributed by atoms with Crippen LogP contribution in [0.5, 0.6) is 11.5 Å². The fourth-order valence-corrected chi connectivity index (χ4v) is 10.9. The van der Waals surface area contributed by atoms with E-state index in [4.69, 9.17) is 9.47 Å². The molecule has 0 saturated heterocycles. The summed E-state index contributed by atoms with van der Waals surface area (Å²) >= 11 is 3.61. The largest absolute Gasteiger partial charge is 0.423 e. The molecule has 6 heteroatoms. The van der Waals surface area contributed by atoms with Crippen LogP contribution >= 0.6 is 22.7 Å². The van der Waals surface area contributed by atoms with Gasteiger partial charge >= 0.3 is 11.9 Å². The number of carbonyl (C=O) groups excluding carboxylic acids is 2. The van der Waals surface area contributed by atoms with Crippen molar-refractivity contribution < 1.29 is 19.1 Å². The lowest BCUT2D eigenvalue weighted by Crippen LogP contribution is -2.25. The van der Waals surface area contributed by atoms with Crippen molar-refractivity contribution in [2.24, 2.45) is 0 Å². The molecule has 1 aliphatic carbocycles. The molecule has 1 aliphatic rings. The van der Waals surface area contributed by atoms with Gasteiger partial charge in [0, 0.05) is 37.1 Å². The predicted molar refractivity (Wildman–Crippen MR) is 258 cm³/mol. The van der Waals surface area contributed by atoms with Gasteiger partial charge in [0.25, 0.3) is 0 Å². The highest BCUT2D eigenvalue weighted by Crippen LogP contribution is 2.56. The summed E-state index contributed by atoms with van der Waals surface area (Å²) in [6.07, 6.45) is 20.0. The second-order valence-electron chi connectivity index (χ2n) is 16.3. The van der Waals surface area contributed by atoms with Crippen LogP contribution in [0.2, 0.25) is 0 Å². The van der Waals surface area contributed by atoms with Crippen molar-refractivity contribution in [2.75, 3.05) is 0 Å². The van der Waals surface area contributed by atoms with Crippen LogP contribution in [0.3, 0.4) is 0 Å². The lowest BCUT2D eigenvalue weighted by Gasteiger charge is -2.33. The van der Waals surface area contributed by atoms with Crippen LogP contribution in [0.15, 0.2) is 135 Å². The molecule has 0 amide bonds. The van der Waals surface area contributed by atoms with E-state index >= 15 is 0 Å². The molecule has 0 bridgehead atoms. The number of hydrogen-bond acceptors (Lipinski definition) is 6. The lowest BCUT2D eigenvalue weighted by molar-refractivity contribution is -0.129. The minimum atomic E-state index is -0.458. The van der Waals surface area contributed by atoms with E-state index in [-0.39, 0.29) is 5.41 Å². The van der Waals surface area contributed by atoms with Gasteiger partial charge < -0.3 is 9.47 Å². The average Bonchev–Trinajstić information content (AvgIpc) is 4.05. The third-order valence-corrected chi connectivity index (χ3v) is 14.5. The highest BCUT2D eigenvalue weighted by Gasteiger charge is 2.42. The van der Waals surface area contributed by atoms with Crippen molar-refractivity contribution in [2.45, 2.75) is 109 Å². The number of hydrogen-bond donors (Lipinski definition) is 0. The first kappa shape index (κ1) is 43.8. The smallest absolute Gasteiger partial charge is 0.335 e. The summed E-state index contributed by atoms with van der Waals surface area (Å²) in [5.74, 6) is 0.108. The van der Waals surface area contributed by atoms with Gasteiger partial charge in [-0.25, -0.2) is 9.59 Å². The Hall–Kier alpha value is -5.30. The van der Waals surface area contributed by atoms with E-state index in [1.165, 1.54) is 142 Å². The summed E-state index contributed by atoms with van der Waals surface area (Å²) in [6, 6.07) is 38.9. The van der Waals surface area contributed by atoms with Crippen molar-refractivity contribution in [3.63, 3.8) is 0 Å². The first-order valence-electron chi connectivity index (χ1n) is 22.2. The molecule has 0 radical (unpaired) electrons. The number of benzene rings is 4. The van der Waals surface area contributed by atoms with Gasteiger partial charge in [-0.15, -0.1) is 22.7 Å². The molecular weight excluding hydrogens is 789 g/mol. The summed E-state index contributed by atoms with van der Waals surface area (Å²) < 4.78 is 10.6. The number of fused-ring (bicyclic) bond motifs is 3. The number of rotatable bonds is 22. The first-order valence-corrected chi connectivity index (χ1v) is 23.9. The molecule has 6 aromatic rings. The van der Waals surface area contributed by atoms with Gasteiger partial charge in [0.1, 0.15) is 11.5 Å². The van der Waals surface area contributed by atoms with Crippen LogP contribution in [0.1, 0.15) is 115 Å². The molecule has 0 fully saturated rings. The number of ether oxygens (including phenoxy) is 2. The molecule has 2 heterocycles. The summed E-state index contributed by atoms with van der Waals surface area (Å²) in [6.45, 7) is 11.6. The van der Waals surface area contributed by atoms with Gasteiger partial charge in [0.05, 0.1) is 0 Å². The van der Waals surface area contributed by atoms with Crippen molar-refractivity contribution in [3.8, 4) is 64.4 Å². The van der Waals surface area contributed by atoms with E-state index in [0.717, 1.165) is 24.0 Å². The quantitative estimate of drug-likeness (QED) is 0.0296. The van der Waals surface area contributed by atoms with E-state index in [1.54, 1.807) is 22.7 Å². The summed E-state index contributed by atoms with van der Waals surface area (Å²) in [7, 11) is 0. The van der Waals surface area contributed by atoms with Crippen molar-refractivity contribution in [3.05, 3.63) is 146 Å². The van der Waals surface area contributed by atoms with E-state index < -0.39 is 11.9 Å². The van der Waals surface area contributed by atoms with Gasteiger partial charge in [-0.2, -0.15) is 0 Å². The predicted octanol–water partition coefficient (Wildman–Crippen LogP) is 16.4. The van der Waals surface area contributed by atoms with Crippen LogP contribution in [0.25, 0.3) is 52.9 Å². The highest BCUT2D eigenvalue weighted by atomic mass is 32.1. The van der Waals surface area contributed by atoms with Crippen LogP contribution in [0, 0.1) is 0 Å². The summed E-state index contributed by atoms with van der Waals surface area (Å²) in [4.78, 5) is 28.3. The maximum atomic E-state index is 11.7. The van der Waals surface area contributed by atoms with E-state index in [1.807, 2.05) is 48.5 Å². The molecule has 0 unspecified atom stereocenters. The van der Waals surface area contributed by atoms with E-state index in [9.17, 15) is 9.59 Å². The maximum Gasteiger partial charge on any atom is 0.335 e. The molecule has 0 spiro atoms. The monoisotopic (exact) mass is 846 g/mol. The molecule has 2 aromatic heterocycles. The fourth-order valence-electron chi connectivity index (χ4n) is 8.87. The second kappa shape index (κ2) is 21.0. The molecule has 0 saturated carbocycles. The van der Waals surface area contributed by atoms with Gasteiger partial charge in [0.2, 0.25) is 0 Å². The highest BCUT2D eigenvalue weighted by molar-refractivity contribution is 7.19. The van der Waals surface area contributed by atoms with Gasteiger partial charge in [-0.1, -0.05) is 128 Å². The van der Waals surface area contributed by atoms with Crippen LogP contribution in [-0.4, -0.2) is 11.9 Å². The van der Waals surface area contributed by atoms with E-state index in [0.29, 0.717) is 11.5 Å². The summed E-state index contributed by atoms with van der Waals surface area (Å²) in [5.41, 5.74) is 10.4. The number of thiophene rings is 2. The van der Waals surface area contributed by atoms with Crippen molar-refractivity contribution >= 4 is 34.6 Å². The Morgan fingerprint density at radius 1 is 0.475 bits per heavy atom. The Morgan fingerprint density at radius 3 is 1.20 bits per heavy atom. The zero-order valence-electron chi connectivity index (χ0n) is 35.8.